The Balaban J connectivity index is 1.55. The first kappa shape index (κ1) is 21.3. The third kappa shape index (κ3) is 5.14. The minimum Gasteiger partial charge on any atom is -0.467 e. The van der Waals surface area contributed by atoms with Crippen molar-refractivity contribution in [2.24, 2.45) is 5.92 Å². The largest absolute Gasteiger partial charge is 0.467 e. The van der Waals surface area contributed by atoms with E-state index in [0.29, 0.717) is 30.0 Å². The first-order chi connectivity index (χ1) is 14.4. The van der Waals surface area contributed by atoms with E-state index in [-0.39, 0.29) is 24.2 Å². The topological polar surface area (TPSA) is 84.9 Å². The summed E-state index contributed by atoms with van der Waals surface area (Å²) in [6.07, 6.45) is 0.544. The van der Waals surface area contributed by atoms with Gasteiger partial charge < -0.3 is 19.7 Å². The monoisotopic (exact) mass is 414 g/mol. The summed E-state index contributed by atoms with van der Waals surface area (Å²) < 4.78 is 23.3. The predicted molar refractivity (Wildman–Crippen MR) is 107 cm³/mol. The maximum atomic E-state index is 12.9. The van der Waals surface area contributed by atoms with Gasteiger partial charge in [0.25, 0.3) is 5.91 Å². The second-order valence-corrected chi connectivity index (χ2v) is 7.19. The number of methoxy groups -OCH3 is 1. The number of esters is 1. The van der Waals surface area contributed by atoms with E-state index in [1.54, 1.807) is 24.3 Å². The quantitative estimate of drug-likeness (QED) is 0.735. The summed E-state index contributed by atoms with van der Waals surface area (Å²) in [5.74, 6) is -0.415. The lowest BCUT2D eigenvalue weighted by Crippen LogP contribution is -2.45. The lowest BCUT2D eigenvalue weighted by atomic mass is 10.1. The number of hydrogen-bond donors (Lipinski definition) is 1. The van der Waals surface area contributed by atoms with Crippen molar-refractivity contribution < 1.29 is 28.2 Å². The maximum absolute atomic E-state index is 12.9. The molecule has 0 spiro atoms. The van der Waals surface area contributed by atoms with Gasteiger partial charge in [-0.3, -0.25) is 9.59 Å². The first-order valence-corrected chi connectivity index (χ1v) is 9.56. The number of carbonyl (C=O) groups excluding carboxylic acids is 3. The molecule has 0 saturated carbocycles. The van der Waals surface area contributed by atoms with E-state index >= 15 is 0 Å². The minimum absolute atomic E-state index is 0.183. The highest BCUT2D eigenvalue weighted by atomic mass is 19.1. The van der Waals surface area contributed by atoms with Crippen LogP contribution in [-0.4, -0.2) is 48.9 Å². The molecule has 3 rings (SSSR count). The molecule has 1 aliphatic heterocycles. The van der Waals surface area contributed by atoms with Crippen LogP contribution in [0.2, 0.25) is 0 Å². The zero-order chi connectivity index (χ0) is 21.7. The normalized spacial score (nSPS) is 18.0. The molecule has 1 saturated heterocycles. The van der Waals surface area contributed by atoms with Crippen molar-refractivity contribution in [3.63, 3.8) is 0 Å². The molecule has 30 heavy (non-hydrogen) atoms. The van der Waals surface area contributed by atoms with E-state index < -0.39 is 17.9 Å². The molecule has 158 valence electrons. The smallest absolute Gasteiger partial charge is 0.328 e. The summed E-state index contributed by atoms with van der Waals surface area (Å²) in [7, 11) is 1.29. The molecule has 2 aromatic rings. The van der Waals surface area contributed by atoms with Crippen molar-refractivity contribution in [3.8, 4) is 11.5 Å². The number of halogens is 1. The highest BCUT2D eigenvalue weighted by molar-refractivity contribution is 5.97. The predicted octanol–water partition coefficient (Wildman–Crippen LogP) is 2.76. The van der Waals surface area contributed by atoms with Gasteiger partial charge >= 0.3 is 5.97 Å². The Kier molecular flexibility index (Phi) is 6.66. The van der Waals surface area contributed by atoms with Gasteiger partial charge in [0.05, 0.1) is 13.7 Å². The zero-order valence-electron chi connectivity index (χ0n) is 16.8. The van der Waals surface area contributed by atoms with Crippen LogP contribution < -0.4 is 10.1 Å². The third-order valence-electron chi connectivity index (χ3n) is 4.87. The number of rotatable bonds is 6. The molecule has 0 radical (unpaired) electrons. The molecule has 0 aromatic heterocycles. The molecular weight excluding hydrogens is 391 g/mol. The lowest BCUT2D eigenvalue weighted by Gasteiger charge is -2.22. The molecule has 1 aliphatic rings. The molecule has 2 atom stereocenters. The summed E-state index contributed by atoms with van der Waals surface area (Å²) in [4.78, 5) is 38.2. The molecule has 8 heteroatoms. The highest BCUT2D eigenvalue weighted by Crippen LogP contribution is 2.24. The molecule has 1 heterocycles. The van der Waals surface area contributed by atoms with Crippen LogP contribution in [0.5, 0.6) is 11.5 Å². The van der Waals surface area contributed by atoms with Crippen LogP contribution in [0.3, 0.4) is 0 Å². The SMILES string of the molecule is COC(=O)[C@@H]1C[C@H](C)CN1C(=O)CNC(=O)c1ccc(Oc2ccc(F)cc2)cc1. The van der Waals surface area contributed by atoms with E-state index in [0.717, 1.165) is 0 Å². The van der Waals surface area contributed by atoms with Gasteiger partial charge in [-0.2, -0.15) is 0 Å². The summed E-state index contributed by atoms with van der Waals surface area (Å²) in [6, 6.07) is 11.3. The van der Waals surface area contributed by atoms with E-state index in [4.69, 9.17) is 9.47 Å². The average Bonchev–Trinajstić information content (AvgIpc) is 3.15. The van der Waals surface area contributed by atoms with Crippen LogP contribution in [0, 0.1) is 11.7 Å². The van der Waals surface area contributed by atoms with Crippen molar-refractivity contribution in [3.05, 3.63) is 59.9 Å². The number of likely N-dealkylation sites (tertiary alicyclic amines) is 1. The molecule has 0 aliphatic carbocycles. The molecule has 0 bridgehead atoms. The van der Waals surface area contributed by atoms with Crippen molar-refractivity contribution in [2.75, 3.05) is 20.2 Å². The lowest BCUT2D eigenvalue weighted by molar-refractivity contribution is -0.150. The number of benzene rings is 2. The molecular formula is C22H23FN2O5. The number of ether oxygens (including phenoxy) is 2. The van der Waals surface area contributed by atoms with Crippen molar-refractivity contribution >= 4 is 17.8 Å². The Labute approximate surface area is 173 Å². The third-order valence-corrected chi connectivity index (χ3v) is 4.87. The fraction of sp³-hybridized carbons (Fsp3) is 0.318. The number of carbonyl (C=O) groups is 3. The Hall–Kier alpha value is -3.42. The van der Waals surface area contributed by atoms with Gasteiger partial charge in [-0.1, -0.05) is 6.92 Å². The van der Waals surface area contributed by atoms with Crippen molar-refractivity contribution in [2.45, 2.75) is 19.4 Å². The van der Waals surface area contributed by atoms with Gasteiger partial charge in [0.1, 0.15) is 23.4 Å². The molecule has 1 fully saturated rings. The first-order valence-electron chi connectivity index (χ1n) is 9.56. The van der Waals surface area contributed by atoms with Crippen LogP contribution in [0.4, 0.5) is 4.39 Å². The van der Waals surface area contributed by atoms with E-state index in [1.807, 2.05) is 6.92 Å². The van der Waals surface area contributed by atoms with Gasteiger partial charge in [0, 0.05) is 12.1 Å². The molecule has 7 nitrogen and oxygen atoms in total. The van der Waals surface area contributed by atoms with E-state index in [2.05, 4.69) is 5.32 Å². The van der Waals surface area contributed by atoms with E-state index in [9.17, 15) is 18.8 Å². The number of nitrogens with zero attached hydrogens (tertiary/aromatic N) is 1. The second kappa shape index (κ2) is 9.39. The molecule has 2 amide bonds. The second-order valence-electron chi connectivity index (χ2n) is 7.19. The Bertz CT molecular complexity index is 914. The summed E-state index contributed by atoms with van der Waals surface area (Å²) >= 11 is 0. The summed E-state index contributed by atoms with van der Waals surface area (Å²) in [5, 5.41) is 2.58. The summed E-state index contributed by atoms with van der Waals surface area (Å²) in [5.41, 5.74) is 0.355. The average molecular weight is 414 g/mol. The molecule has 2 aromatic carbocycles. The molecule has 0 unspecified atom stereocenters. The highest BCUT2D eigenvalue weighted by Gasteiger charge is 2.38. The van der Waals surface area contributed by atoms with Crippen molar-refractivity contribution in [1.29, 1.82) is 0 Å². The number of nitrogens with one attached hydrogen (secondary N) is 1. The summed E-state index contributed by atoms with van der Waals surface area (Å²) in [6.45, 7) is 2.19. The van der Waals surface area contributed by atoms with Crippen LogP contribution in [0.15, 0.2) is 48.5 Å². The fourth-order valence-corrected chi connectivity index (χ4v) is 3.35. The Morgan fingerprint density at radius 3 is 2.27 bits per heavy atom. The maximum Gasteiger partial charge on any atom is 0.328 e. The standard InChI is InChI=1S/C22H23FN2O5/c1-14-11-19(22(28)29-2)25(13-14)20(26)12-24-21(27)15-3-7-17(8-4-15)30-18-9-5-16(23)6-10-18/h3-10,14,19H,11-13H2,1-2H3,(H,24,27)/t14-,19-/m0/s1. The zero-order valence-corrected chi connectivity index (χ0v) is 16.8. The fourth-order valence-electron chi connectivity index (χ4n) is 3.35. The Morgan fingerprint density at radius 2 is 1.67 bits per heavy atom. The van der Waals surface area contributed by atoms with Gasteiger partial charge in [-0.05, 0) is 60.9 Å². The van der Waals surface area contributed by atoms with Gasteiger partial charge in [0.2, 0.25) is 5.91 Å². The molecule has 1 N–H and O–H groups in total. The number of amides is 2. The van der Waals surface area contributed by atoms with Crippen LogP contribution in [-0.2, 0) is 14.3 Å². The van der Waals surface area contributed by atoms with Crippen LogP contribution in [0.1, 0.15) is 23.7 Å². The number of hydrogen-bond acceptors (Lipinski definition) is 5. The van der Waals surface area contributed by atoms with Crippen molar-refractivity contribution in [1.82, 2.24) is 10.2 Å². The minimum atomic E-state index is -0.614. The Morgan fingerprint density at radius 1 is 1.07 bits per heavy atom. The van der Waals surface area contributed by atoms with Crippen LogP contribution >= 0.6 is 0 Å². The van der Waals surface area contributed by atoms with Gasteiger partial charge in [-0.25, -0.2) is 9.18 Å². The van der Waals surface area contributed by atoms with Crippen LogP contribution in [0.25, 0.3) is 0 Å². The van der Waals surface area contributed by atoms with Gasteiger partial charge in [-0.15, -0.1) is 0 Å². The van der Waals surface area contributed by atoms with Gasteiger partial charge in [0.15, 0.2) is 0 Å². The van der Waals surface area contributed by atoms with E-state index in [1.165, 1.54) is 36.3 Å².